The molecule has 2 fully saturated rings. The number of hydrogen-bond acceptors (Lipinski definition) is 2. The molecule has 0 saturated heterocycles. The second-order valence-corrected chi connectivity index (χ2v) is 6.26. The highest BCUT2D eigenvalue weighted by atomic mass is 16.1. The third-order valence-corrected chi connectivity index (χ3v) is 4.97. The Hall–Kier alpha value is -1.18. The third-order valence-electron chi connectivity index (χ3n) is 4.97. The quantitative estimate of drug-likeness (QED) is 0.759. The molecule has 0 aliphatic heterocycles. The Morgan fingerprint density at radius 3 is 2.72 bits per heavy atom. The van der Waals surface area contributed by atoms with Gasteiger partial charge in [-0.1, -0.05) is 19.9 Å². The van der Waals surface area contributed by atoms with E-state index in [9.17, 15) is 4.79 Å². The molecule has 4 atom stereocenters. The number of aromatic nitrogens is 1. The maximum absolute atomic E-state index is 12.7. The molecular formula is C16H21NO. The first-order chi connectivity index (χ1) is 8.68. The van der Waals surface area contributed by atoms with Crippen LogP contribution in [-0.2, 0) is 0 Å². The Balaban J connectivity index is 1.89. The summed E-state index contributed by atoms with van der Waals surface area (Å²) in [5.41, 5.74) is 0.667. The average Bonchev–Trinajstić information content (AvgIpc) is 2.99. The SMILES string of the molecule is CC(C)[C@@H]1[C@H]2CC[C@H](C2)[C@H]1C(=O)c1ccccn1. The van der Waals surface area contributed by atoms with E-state index in [1.807, 2.05) is 18.2 Å². The lowest BCUT2D eigenvalue weighted by atomic mass is 9.71. The van der Waals surface area contributed by atoms with Crippen molar-refractivity contribution in [3.8, 4) is 0 Å². The van der Waals surface area contributed by atoms with Gasteiger partial charge >= 0.3 is 0 Å². The maximum Gasteiger partial charge on any atom is 0.184 e. The van der Waals surface area contributed by atoms with Gasteiger partial charge < -0.3 is 0 Å². The Morgan fingerprint density at radius 1 is 1.28 bits per heavy atom. The van der Waals surface area contributed by atoms with Crippen molar-refractivity contribution in [3.63, 3.8) is 0 Å². The van der Waals surface area contributed by atoms with Gasteiger partial charge in [-0.3, -0.25) is 9.78 Å². The molecule has 2 aliphatic carbocycles. The molecule has 0 spiro atoms. The first-order valence-corrected chi connectivity index (χ1v) is 7.13. The van der Waals surface area contributed by atoms with Crippen LogP contribution in [0, 0.1) is 29.6 Å². The summed E-state index contributed by atoms with van der Waals surface area (Å²) in [7, 11) is 0. The van der Waals surface area contributed by atoms with Crippen LogP contribution in [0.15, 0.2) is 24.4 Å². The van der Waals surface area contributed by atoms with Gasteiger partial charge in [-0.2, -0.15) is 0 Å². The Morgan fingerprint density at radius 2 is 2.06 bits per heavy atom. The van der Waals surface area contributed by atoms with Gasteiger partial charge in [-0.25, -0.2) is 0 Å². The molecule has 0 radical (unpaired) electrons. The van der Waals surface area contributed by atoms with Crippen molar-refractivity contribution in [1.29, 1.82) is 0 Å². The van der Waals surface area contributed by atoms with E-state index in [1.165, 1.54) is 19.3 Å². The standard InChI is InChI=1S/C16H21NO/c1-10(2)14-11-6-7-12(9-11)15(14)16(18)13-5-3-4-8-17-13/h3-5,8,10-12,14-15H,6-7,9H2,1-2H3/t11-,12+,14+,15+/m0/s1. The molecule has 0 aromatic carbocycles. The van der Waals surface area contributed by atoms with Crippen LogP contribution in [0.5, 0.6) is 0 Å². The molecule has 2 nitrogen and oxygen atoms in total. The van der Waals surface area contributed by atoms with E-state index >= 15 is 0 Å². The summed E-state index contributed by atoms with van der Waals surface area (Å²) in [6.45, 7) is 4.54. The van der Waals surface area contributed by atoms with Crippen LogP contribution in [0.3, 0.4) is 0 Å². The molecule has 2 bridgehead atoms. The largest absolute Gasteiger partial charge is 0.292 e. The van der Waals surface area contributed by atoms with Crippen molar-refractivity contribution >= 4 is 5.78 Å². The maximum atomic E-state index is 12.7. The number of pyridine rings is 1. The number of ketones is 1. The normalized spacial score (nSPS) is 34.2. The molecule has 1 heterocycles. The molecule has 2 heteroatoms. The molecular weight excluding hydrogens is 222 g/mol. The van der Waals surface area contributed by atoms with Crippen molar-refractivity contribution in [3.05, 3.63) is 30.1 Å². The fourth-order valence-electron chi connectivity index (χ4n) is 4.36. The molecule has 1 aromatic heterocycles. The number of carbonyl (C=O) groups excluding carboxylic acids is 1. The van der Waals surface area contributed by atoms with E-state index in [-0.39, 0.29) is 5.92 Å². The average molecular weight is 243 g/mol. The summed E-state index contributed by atoms with van der Waals surface area (Å²) in [4.78, 5) is 16.9. The Kier molecular flexibility index (Phi) is 2.96. The van der Waals surface area contributed by atoms with Crippen molar-refractivity contribution < 1.29 is 4.79 Å². The number of carbonyl (C=O) groups is 1. The zero-order chi connectivity index (χ0) is 12.7. The summed E-state index contributed by atoms with van der Waals surface area (Å²) in [5.74, 6) is 3.13. The highest BCUT2D eigenvalue weighted by Gasteiger charge is 2.51. The van der Waals surface area contributed by atoms with Crippen LogP contribution < -0.4 is 0 Å². The number of nitrogens with zero attached hydrogens (tertiary/aromatic N) is 1. The molecule has 2 aliphatic rings. The second-order valence-electron chi connectivity index (χ2n) is 6.26. The molecule has 0 amide bonds. The summed E-state index contributed by atoms with van der Waals surface area (Å²) < 4.78 is 0. The smallest absolute Gasteiger partial charge is 0.184 e. The monoisotopic (exact) mass is 243 g/mol. The van der Waals surface area contributed by atoms with Gasteiger partial charge in [0.2, 0.25) is 0 Å². The first kappa shape index (κ1) is 11.9. The van der Waals surface area contributed by atoms with Crippen LogP contribution >= 0.6 is 0 Å². The fourth-order valence-corrected chi connectivity index (χ4v) is 4.36. The lowest BCUT2D eigenvalue weighted by molar-refractivity contribution is 0.0750. The van der Waals surface area contributed by atoms with E-state index in [1.54, 1.807) is 6.20 Å². The van der Waals surface area contributed by atoms with Crippen LogP contribution in [-0.4, -0.2) is 10.8 Å². The molecule has 96 valence electrons. The summed E-state index contributed by atoms with van der Waals surface area (Å²) in [6, 6.07) is 5.65. The van der Waals surface area contributed by atoms with Gasteiger partial charge in [0.05, 0.1) is 0 Å². The number of hydrogen-bond donors (Lipinski definition) is 0. The zero-order valence-electron chi connectivity index (χ0n) is 11.2. The highest BCUT2D eigenvalue weighted by Crippen LogP contribution is 2.55. The molecule has 0 N–H and O–H groups in total. The van der Waals surface area contributed by atoms with Gasteiger partial charge in [0, 0.05) is 12.1 Å². The zero-order valence-corrected chi connectivity index (χ0v) is 11.2. The van der Waals surface area contributed by atoms with Gasteiger partial charge in [-0.15, -0.1) is 0 Å². The third kappa shape index (κ3) is 1.79. The summed E-state index contributed by atoms with van der Waals surface area (Å²) >= 11 is 0. The van der Waals surface area contributed by atoms with E-state index in [4.69, 9.17) is 0 Å². The van der Waals surface area contributed by atoms with Crippen LogP contribution in [0.1, 0.15) is 43.6 Å². The van der Waals surface area contributed by atoms with Gasteiger partial charge in [-0.05, 0) is 55.1 Å². The van der Waals surface area contributed by atoms with E-state index in [0.29, 0.717) is 29.2 Å². The van der Waals surface area contributed by atoms with E-state index < -0.39 is 0 Å². The van der Waals surface area contributed by atoms with Crippen LogP contribution in [0.4, 0.5) is 0 Å². The lowest BCUT2D eigenvalue weighted by Crippen LogP contribution is -2.33. The van der Waals surface area contributed by atoms with Gasteiger partial charge in [0.1, 0.15) is 5.69 Å². The second kappa shape index (κ2) is 4.49. The molecule has 2 saturated carbocycles. The molecule has 1 aromatic rings. The number of Topliss-reactive ketones (excluding diaryl/α,β-unsaturated/α-hetero) is 1. The molecule has 3 rings (SSSR count). The minimum Gasteiger partial charge on any atom is -0.292 e. The van der Waals surface area contributed by atoms with Gasteiger partial charge in [0.15, 0.2) is 5.78 Å². The lowest BCUT2D eigenvalue weighted by Gasteiger charge is -2.32. The van der Waals surface area contributed by atoms with E-state index in [0.717, 1.165) is 5.92 Å². The van der Waals surface area contributed by atoms with Crippen molar-refractivity contribution in [2.24, 2.45) is 29.6 Å². The molecule has 0 unspecified atom stereocenters. The Labute approximate surface area is 109 Å². The minimum atomic E-state index is 0.235. The van der Waals surface area contributed by atoms with Crippen molar-refractivity contribution in [2.45, 2.75) is 33.1 Å². The van der Waals surface area contributed by atoms with Crippen molar-refractivity contribution in [2.75, 3.05) is 0 Å². The number of fused-ring (bicyclic) bond motifs is 2. The predicted octanol–water partition coefficient (Wildman–Crippen LogP) is 3.58. The highest BCUT2D eigenvalue weighted by molar-refractivity contribution is 5.96. The predicted molar refractivity (Wildman–Crippen MR) is 71.2 cm³/mol. The number of rotatable bonds is 3. The first-order valence-electron chi connectivity index (χ1n) is 7.13. The molecule has 18 heavy (non-hydrogen) atoms. The van der Waals surface area contributed by atoms with Crippen molar-refractivity contribution in [1.82, 2.24) is 4.98 Å². The Bertz CT molecular complexity index is 440. The van der Waals surface area contributed by atoms with Crippen LogP contribution in [0.2, 0.25) is 0 Å². The minimum absolute atomic E-state index is 0.235. The summed E-state index contributed by atoms with van der Waals surface area (Å²) in [6.07, 6.45) is 5.58. The topological polar surface area (TPSA) is 30.0 Å². The van der Waals surface area contributed by atoms with E-state index in [2.05, 4.69) is 18.8 Å². The van der Waals surface area contributed by atoms with Crippen LogP contribution in [0.25, 0.3) is 0 Å². The van der Waals surface area contributed by atoms with Gasteiger partial charge in [0.25, 0.3) is 0 Å². The fraction of sp³-hybridized carbons (Fsp3) is 0.625. The summed E-state index contributed by atoms with van der Waals surface area (Å²) in [5, 5.41) is 0.